The van der Waals surface area contributed by atoms with Crippen LogP contribution in [0.1, 0.15) is 33.8 Å². The van der Waals surface area contributed by atoms with Crippen LogP contribution in [-0.4, -0.2) is 23.5 Å². The molecule has 1 fully saturated rings. The highest BCUT2D eigenvalue weighted by Gasteiger charge is 2.29. The zero-order valence-corrected chi connectivity index (χ0v) is 13.7. The van der Waals surface area contributed by atoms with Gasteiger partial charge in [0.25, 0.3) is 0 Å². The van der Waals surface area contributed by atoms with E-state index in [1.807, 2.05) is 6.92 Å². The Morgan fingerprint density at radius 3 is 2.91 bits per heavy atom. The van der Waals surface area contributed by atoms with Crippen molar-refractivity contribution < 1.29 is 14.3 Å². The maximum atomic E-state index is 12.1. The summed E-state index contributed by atoms with van der Waals surface area (Å²) in [6.45, 7) is 2.26. The van der Waals surface area contributed by atoms with Crippen molar-refractivity contribution in [2.24, 2.45) is 5.92 Å². The van der Waals surface area contributed by atoms with Gasteiger partial charge in [-0.2, -0.15) is 0 Å². The monoisotopic (exact) mass is 330 g/mol. The Morgan fingerprint density at radius 2 is 2.22 bits per heavy atom. The highest BCUT2D eigenvalue weighted by atomic mass is 32.1. The molecule has 23 heavy (non-hydrogen) atoms. The first-order valence-electron chi connectivity index (χ1n) is 7.60. The van der Waals surface area contributed by atoms with Crippen molar-refractivity contribution in [2.75, 3.05) is 11.9 Å². The van der Waals surface area contributed by atoms with Gasteiger partial charge >= 0.3 is 5.97 Å². The van der Waals surface area contributed by atoms with Gasteiger partial charge in [-0.15, -0.1) is 11.3 Å². The number of thiazole rings is 1. The van der Waals surface area contributed by atoms with Gasteiger partial charge in [0.15, 0.2) is 0 Å². The van der Waals surface area contributed by atoms with E-state index in [1.165, 1.54) is 0 Å². The fraction of sp³-hybridized carbons (Fsp3) is 0.353. The minimum atomic E-state index is -0.380. The van der Waals surface area contributed by atoms with Gasteiger partial charge in [0, 0.05) is 22.9 Å². The van der Waals surface area contributed by atoms with Crippen LogP contribution in [0.2, 0.25) is 0 Å². The van der Waals surface area contributed by atoms with Crippen molar-refractivity contribution in [2.45, 2.75) is 26.2 Å². The number of amides is 1. The average Bonchev–Trinajstić information content (AvgIpc) is 3.32. The van der Waals surface area contributed by atoms with Gasteiger partial charge < -0.3 is 10.1 Å². The number of carbonyl (C=O) groups is 2. The topological polar surface area (TPSA) is 68.3 Å². The van der Waals surface area contributed by atoms with Crippen LogP contribution in [0.4, 0.5) is 5.69 Å². The minimum absolute atomic E-state index is 0.0242. The van der Waals surface area contributed by atoms with Gasteiger partial charge in [0.1, 0.15) is 0 Å². The normalized spacial score (nSPS) is 13.6. The molecule has 3 rings (SSSR count). The van der Waals surface area contributed by atoms with Crippen LogP contribution in [0.25, 0.3) is 0 Å². The van der Waals surface area contributed by atoms with Crippen molar-refractivity contribution in [3.63, 3.8) is 0 Å². The van der Waals surface area contributed by atoms with Crippen LogP contribution < -0.4 is 5.32 Å². The van der Waals surface area contributed by atoms with Crippen LogP contribution >= 0.6 is 11.3 Å². The summed E-state index contributed by atoms with van der Waals surface area (Å²) in [4.78, 5) is 29.2. The number of anilines is 1. The molecule has 0 radical (unpaired) electrons. The minimum Gasteiger partial charge on any atom is -0.462 e. The summed E-state index contributed by atoms with van der Waals surface area (Å²) >= 11 is 1.56. The van der Waals surface area contributed by atoms with Gasteiger partial charge in [-0.1, -0.05) is 6.07 Å². The summed E-state index contributed by atoms with van der Waals surface area (Å²) in [6.07, 6.45) is 2.56. The fourth-order valence-electron chi connectivity index (χ4n) is 2.20. The third kappa shape index (κ3) is 4.16. The summed E-state index contributed by atoms with van der Waals surface area (Å²) < 4.78 is 5.30. The molecule has 5 nitrogen and oxygen atoms in total. The lowest BCUT2D eigenvalue weighted by atomic mass is 10.2. The maximum Gasteiger partial charge on any atom is 0.338 e. The first-order valence-corrected chi connectivity index (χ1v) is 8.48. The fourth-order valence-corrected chi connectivity index (χ4v) is 2.96. The quantitative estimate of drug-likeness (QED) is 0.826. The maximum absolute atomic E-state index is 12.1. The summed E-state index contributed by atoms with van der Waals surface area (Å²) in [6, 6.07) is 6.86. The van der Waals surface area contributed by atoms with Crippen LogP contribution in [-0.2, 0) is 16.0 Å². The smallest absolute Gasteiger partial charge is 0.338 e. The molecule has 1 aliphatic rings. The zero-order chi connectivity index (χ0) is 16.2. The molecule has 1 aliphatic carbocycles. The molecular formula is C17H18N2O3S. The molecule has 1 N–H and O–H groups in total. The standard InChI is InChI=1S/C17H18N2O3S/c1-11-15(23-10-18-11)7-8-22-17(21)13-3-2-4-14(9-13)19-16(20)12-5-6-12/h2-4,9-10,12H,5-8H2,1H3,(H,19,20). The first-order chi connectivity index (χ1) is 11.1. The lowest BCUT2D eigenvalue weighted by molar-refractivity contribution is -0.117. The molecule has 0 spiro atoms. The Hall–Kier alpha value is -2.21. The second-order valence-electron chi connectivity index (χ2n) is 5.59. The number of esters is 1. The Kier molecular flexibility index (Phi) is 4.71. The summed E-state index contributed by atoms with van der Waals surface area (Å²) in [5.41, 5.74) is 3.85. The van der Waals surface area contributed by atoms with E-state index >= 15 is 0 Å². The van der Waals surface area contributed by atoms with Crippen molar-refractivity contribution in [3.8, 4) is 0 Å². The summed E-state index contributed by atoms with van der Waals surface area (Å²) in [5.74, 6) is -0.223. The van der Waals surface area contributed by atoms with Gasteiger partial charge in [-0.05, 0) is 38.0 Å². The molecule has 0 aliphatic heterocycles. The van der Waals surface area contributed by atoms with E-state index in [1.54, 1.807) is 41.1 Å². The molecular weight excluding hydrogens is 312 g/mol. The third-order valence-electron chi connectivity index (χ3n) is 3.72. The lowest BCUT2D eigenvalue weighted by Crippen LogP contribution is -2.14. The van der Waals surface area contributed by atoms with E-state index in [2.05, 4.69) is 10.3 Å². The molecule has 1 amide bonds. The molecule has 2 aromatic rings. The lowest BCUT2D eigenvalue weighted by Gasteiger charge is -2.07. The summed E-state index contributed by atoms with van der Waals surface area (Å²) in [7, 11) is 0. The number of ether oxygens (including phenoxy) is 1. The molecule has 6 heteroatoms. The SMILES string of the molecule is Cc1ncsc1CCOC(=O)c1cccc(NC(=O)C2CC2)c1. The number of benzene rings is 1. The van der Waals surface area contributed by atoms with E-state index in [-0.39, 0.29) is 17.8 Å². The predicted molar refractivity (Wildman–Crippen MR) is 88.6 cm³/mol. The number of aryl methyl sites for hydroxylation is 1. The summed E-state index contributed by atoms with van der Waals surface area (Å²) in [5, 5.41) is 2.83. The van der Waals surface area contributed by atoms with E-state index in [4.69, 9.17) is 4.74 Å². The molecule has 1 aromatic heterocycles. The molecule has 120 valence electrons. The molecule has 1 heterocycles. The van der Waals surface area contributed by atoms with Gasteiger partial charge in [0.2, 0.25) is 5.91 Å². The zero-order valence-electron chi connectivity index (χ0n) is 12.9. The molecule has 0 saturated heterocycles. The van der Waals surface area contributed by atoms with Gasteiger partial charge in [-0.3, -0.25) is 4.79 Å². The van der Waals surface area contributed by atoms with Crippen molar-refractivity contribution in [3.05, 3.63) is 45.9 Å². The molecule has 1 aromatic carbocycles. The second kappa shape index (κ2) is 6.91. The first kappa shape index (κ1) is 15.7. The average molecular weight is 330 g/mol. The van der Waals surface area contributed by atoms with Crippen LogP contribution in [0, 0.1) is 12.8 Å². The van der Waals surface area contributed by atoms with E-state index < -0.39 is 0 Å². The van der Waals surface area contributed by atoms with Crippen LogP contribution in [0.5, 0.6) is 0 Å². The van der Waals surface area contributed by atoms with Gasteiger partial charge in [-0.25, -0.2) is 9.78 Å². The van der Waals surface area contributed by atoms with E-state index in [0.717, 1.165) is 23.4 Å². The van der Waals surface area contributed by atoms with Crippen molar-refractivity contribution in [1.29, 1.82) is 0 Å². The number of nitrogens with zero attached hydrogens (tertiary/aromatic N) is 1. The van der Waals surface area contributed by atoms with Crippen LogP contribution in [0.3, 0.4) is 0 Å². The molecule has 1 saturated carbocycles. The highest BCUT2D eigenvalue weighted by Crippen LogP contribution is 2.30. The Balaban J connectivity index is 1.54. The molecule has 0 atom stereocenters. The Morgan fingerprint density at radius 1 is 1.39 bits per heavy atom. The largest absolute Gasteiger partial charge is 0.462 e. The second-order valence-corrected chi connectivity index (χ2v) is 6.53. The van der Waals surface area contributed by atoms with Crippen molar-refractivity contribution in [1.82, 2.24) is 4.98 Å². The van der Waals surface area contributed by atoms with E-state index in [9.17, 15) is 9.59 Å². The number of nitrogens with one attached hydrogen (secondary N) is 1. The number of hydrogen-bond acceptors (Lipinski definition) is 5. The van der Waals surface area contributed by atoms with Crippen molar-refractivity contribution >= 4 is 28.9 Å². The molecule has 0 bridgehead atoms. The number of carbonyl (C=O) groups excluding carboxylic acids is 2. The van der Waals surface area contributed by atoms with Crippen LogP contribution in [0.15, 0.2) is 29.8 Å². The number of aromatic nitrogens is 1. The third-order valence-corrected chi connectivity index (χ3v) is 4.72. The van der Waals surface area contributed by atoms with Gasteiger partial charge in [0.05, 0.1) is 23.4 Å². The Bertz CT molecular complexity index is 722. The highest BCUT2D eigenvalue weighted by molar-refractivity contribution is 7.09. The number of hydrogen-bond donors (Lipinski definition) is 1. The predicted octanol–water partition coefficient (Wildman–Crippen LogP) is 3.20. The molecule has 0 unspecified atom stereocenters. The van der Waals surface area contributed by atoms with E-state index in [0.29, 0.717) is 24.3 Å². The number of rotatable bonds is 6. The Labute approximate surface area is 138 Å².